The van der Waals surface area contributed by atoms with Crippen LogP contribution in [0.4, 0.5) is 11.4 Å². The molecule has 1 aromatic rings. The highest BCUT2D eigenvalue weighted by molar-refractivity contribution is 7.89. The molecule has 0 aliphatic rings. The monoisotopic (exact) mass is 273 g/mol. The third kappa shape index (κ3) is 3.17. The fraction of sp³-hybridized carbons (Fsp3) is 0.400. The van der Waals surface area contributed by atoms with Crippen molar-refractivity contribution in [2.24, 2.45) is 0 Å². The lowest BCUT2D eigenvalue weighted by molar-refractivity contribution is -0.384. The van der Waals surface area contributed by atoms with Gasteiger partial charge in [0, 0.05) is 19.7 Å². The van der Waals surface area contributed by atoms with E-state index in [4.69, 9.17) is 0 Å². The second kappa shape index (κ2) is 5.78. The standard InChI is InChI=1S/C10H15N3O4S/c1-3-6-12-18(16,17)8-4-5-10(13(14)15)9(7-8)11-2/h4-5,7,11-12H,3,6H2,1-2H3. The Labute approximate surface area is 105 Å². The Morgan fingerprint density at radius 1 is 1.39 bits per heavy atom. The average Bonchev–Trinajstić information content (AvgIpc) is 2.35. The highest BCUT2D eigenvalue weighted by Gasteiger charge is 2.19. The van der Waals surface area contributed by atoms with E-state index in [0.717, 1.165) is 0 Å². The van der Waals surface area contributed by atoms with Crippen LogP contribution in [-0.4, -0.2) is 26.9 Å². The molecule has 8 heteroatoms. The van der Waals surface area contributed by atoms with Crippen molar-refractivity contribution in [2.75, 3.05) is 18.9 Å². The number of hydrogen-bond donors (Lipinski definition) is 2. The van der Waals surface area contributed by atoms with Gasteiger partial charge in [-0.3, -0.25) is 10.1 Å². The first-order valence-electron chi connectivity index (χ1n) is 5.38. The molecule has 7 nitrogen and oxygen atoms in total. The number of sulfonamides is 1. The molecular formula is C10H15N3O4S. The average molecular weight is 273 g/mol. The van der Waals surface area contributed by atoms with Crippen LogP contribution in [0, 0.1) is 10.1 Å². The van der Waals surface area contributed by atoms with Crippen molar-refractivity contribution in [2.45, 2.75) is 18.2 Å². The third-order valence-electron chi connectivity index (χ3n) is 2.29. The molecule has 0 aliphatic carbocycles. The topological polar surface area (TPSA) is 101 Å². The summed E-state index contributed by atoms with van der Waals surface area (Å²) in [5.74, 6) is 0. The van der Waals surface area contributed by atoms with E-state index in [0.29, 0.717) is 13.0 Å². The quantitative estimate of drug-likeness (QED) is 0.601. The fourth-order valence-electron chi connectivity index (χ4n) is 1.36. The smallest absolute Gasteiger partial charge is 0.292 e. The van der Waals surface area contributed by atoms with Crippen LogP contribution in [0.1, 0.15) is 13.3 Å². The largest absolute Gasteiger partial charge is 0.383 e. The van der Waals surface area contributed by atoms with Gasteiger partial charge in [-0.2, -0.15) is 0 Å². The van der Waals surface area contributed by atoms with E-state index in [2.05, 4.69) is 10.0 Å². The van der Waals surface area contributed by atoms with E-state index in [1.165, 1.54) is 25.2 Å². The van der Waals surface area contributed by atoms with Gasteiger partial charge >= 0.3 is 0 Å². The van der Waals surface area contributed by atoms with Gasteiger partial charge in [-0.05, 0) is 18.6 Å². The van der Waals surface area contributed by atoms with E-state index < -0.39 is 14.9 Å². The lowest BCUT2D eigenvalue weighted by Crippen LogP contribution is -2.24. The third-order valence-corrected chi connectivity index (χ3v) is 3.75. The van der Waals surface area contributed by atoms with Crippen LogP contribution >= 0.6 is 0 Å². The normalized spacial score (nSPS) is 11.2. The molecule has 0 spiro atoms. The number of anilines is 1. The molecule has 100 valence electrons. The molecular weight excluding hydrogens is 258 g/mol. The molecule has 0 radical (unpaired) electrons. The number of benzene rings is 1. The SMILES string of the molecule is CCCNS(=O)(=O)c1ccc([N+](=O)[O-])c(NC)c1. The minimum absolute atomic E-state index is 0.00546. The van der Waals surface area contributed by atoms with Crippen LogP contribution in [0.15, 0.2) is 23.1 Å². The van der Waals surface area contributed by atoms with Gasteiger partial charge in [-0.15, -0.1) is 0 Å². The summed E-state index contributed by atoms with van der Waals surface area (Å²) in [6.07, 6.45) is 0.672. The van der Waals surface area contributed by atoms with Crippen molar-refractivity contribution >= 4 is 21.4 Å². The van der Waals surface area contributed by atoms with Gasteiger partial charge in [0.05, 0.1) is 9.82 Å². The number of nitrogens with one attached hydrogen (secondary N) is 2. The fourth-order valence-corrected chi connectivity index (χ4v) is 2.52. The van der Waals surface area contributed by atoms with Crippen LogP contribution in [0.25, 0.3) is 0 Å². The number of nitro groups is 1. The van der Waals surface area contributed by atoms with E-state index in [9.17, 15) is 18.5 Å². The van der Waals surface area contributed by atoms with Crippen molar-refractivity contribution in [3.05, 3.63) is 28.3 Å². The van der Waals surface area contributed by atoms with Gasteiger partial charge in [0.25, 0.3) is 5.69 Å². The Bertz CT molecular complexity index is 542. The van der Waals surface area contributed by atoms with Gasteiger partial charge in [-0.1, -0.05) is 6.92 Å². The Hall–Kier alpha value is -1.67. The zero-order valence-corrected chi connectivity index (χ0v) is 11.0. The van der Waals surface area contributed by atoms with E-state index >= 15 is 0 Å². The predicted octanol–water partition coefficient (Wildman–Crippen LogP) is 1.32. The molecule has 0 unspecified atom stereocenters. The van der Waals surface area contributed by atoms with E-state index in [1.54, 1.807) is 0 Å². The van der Waals surface area contributed by atoms with Crippen LogP contribution in [0.2, 0.25) is 0 Å². The van der Waals surface area contributed by atoms with Gasteiger partial charge in [0.2, 0.25) is 10.0 Å². The van der Waals surface area contributed by atoms with Crippen molar-refractivity contribution in [3.63, 3.8) is 0 Å². The zero-order valence-electron chi connectivity index (χ0n) is 10.1. The molecule has 0 aromatic heterocycles. The van der Waals surface area contributed by atoms with Crippen LogP contribution in [0.3, 0.4) is 0 Å². The van der Waals surface area contributed by atoms with Crippen molar-refractivity contribution in [1.82, 2.24) is 4.72 Å². The van der Waals surface area contributed by atoms with Gasteiger partial charge in [0.1, 0.15) is 5.69 Å². The highest BCUT2D eigenvalue weighted by Crippen LogP contribution is 2.26. The summed E-state index contributed by atoms with van der Waals surface area (Å²) in [6.45, 7) is 2.17. The lowest BCUT2D eigenvalue weighted by Gasteiger charge is -2.08. The lowest BCUT2D eigenvalue weighted by atomic mass is 10.3. The number of nitro benzene ring substituents is 1. The molecule has 0 aliphatic heterocycles. The van der Waals surface area contributed by atoms with E-state index in [-0.39, 0.29) is 16.3 Å². The maximum absolute atomic E-state index is 11.8. The maximum Gasteiger partial charge on any atom is 0.292 e. The summed E-state index contributed by atoms with van der Waals surface area (Å²) in [6, 6.07) is 3.64. The van der Waals surface area contributed by atoms with Gasteiger partial charge in [0.15, 0.2) is 0 Å². The Kier molecular flexibility index (Phi) is 4.62. The van der Waals surface area contributed by atoms with Crippen molar-refractivity contribution in [1.29, 1.82) is 0 Å². The molecule has 2 N–H and O–H groups in total. The Balaban J connectivity index is 3.17. The summed E-state index contributed by atoms with van der Waals surface area (Å²) in [4.78, 5) is 10.2. The molecule has 18 heavy (non-hydrogen) atoms. The molecule has 0 atom stereocenters. The van der Waals surface area contributed by atoms with Gasteiger partial charge < -0.3 is 5.32 Å². The molecule has 0 amide bonds. The summed E-state index contributed by atoms with van der Waals surface area (Å²) in [5, 5.41) is 13.3. The van der Waals surface area contributed by atoms with Crippen molar-refractivity contribution < 1.29 is 13.3 Å². The van der Waals surface area contributed by atoms with Crippen LogP contribution in [0.5, 0.6) is 0 Å². The zero-order chi connectivity index (χ0) is 13.8. The first-order chi connectivity index (χ1) is 8.42. The second-order valence-electron chi connectivity index (χ2n) is 3.58. The summed E-state index contributed by atoms with van der Waals surface area (Å²) < 4.78 is 26.1. The molecule has 0 saturated heterocycles. The van der Waals surface area contributed by atoms with Gasteiger partial charge in [-0.25, -0.2) is 13.1 Å². The number of rotatable bonds is 6. The summed E-state index contributed by atoms with van der Waals surface area (Å²) >= 11 is 0. The molecule has 1 aromatic carbocycles. The second-order valence-corrected chi connectivity index (χ2v) is 5.35. The Morgan fingerprint density at radius 3 is 2.56 bits per heavy atom. The Morgan fingerprint density at radius 2 is 2.06 bits per heavy atom. The van der Waals surface area contributed by atoms with E-state index in [1.807, 2.05) is 6.92 Å². The molecule has 0 fully saturated rings. The molecule has 0 bridgehead atoms. The molecule has 0 heterocycles. The number of nitrogens with zero attached hydrogens (tertiary/aromatic N) is 1. The van der Waals surface area contributed by atoms with Crippen molar-refractivity contribution in [3.8, 4) is 0 Å². The first-order valence-corrected chi connectivity index (χ1v) is 6.86. The molecule has 0 saturated carbocycles. The minimum atomic E-state index is -3.61. The number of hydrogen-bond acceptors (Lipinski definition) is 5. The summed E-state index contributed by atoms with van der Waals surface area (Å²) in [5.41, 5.74) is 0.00585. The predicted molar refractivity (Wildman–Crippen MR) is 68.1 cm³/mol. The highest BCUT2D eigenvalue weighted by atomic mass is 32.2. The van der Waals surface area contributed by atoms with Crippen LogP contribution in [-0.2, 0) is 10.0 Å². The van der Waals surface area contributed by atoms with Crippen LogP contribution < -0.4 is 10.0 Å². The maximum atomic E-state index is 11.8. The molecule has 1 rings (SSSR count). The first kappa shape index (κ1) is 14.4. The minimum Gasteiger partial charge on any atom is -0.383 e. The summed E-state index contributed by atoms with van der Waals surface area (Å²) in [7, 11) is -2.11.